The van der Waals surface area contributed by atoms with E-state index in [1.807, 2.05) is 24.3 Å². The van der Waals surface area contributed by atoms with Gasteiger partial charge in [0.1, 0.15) is 0 Å². The molecule has 0 spiro atoms. The molecule has 0 atom stereocenters. The van der Waals surface area contributed by atoms with Gasteiger partial charge in [-0.1, -0.05) is 45.7 Å². The van der Waals surface area contributed by atoms with E-state index in [1.54, 1.807) is 24.4 Å². The van der Waals surface area contributed by atoms with E-state index < -0.39 is 0 Å². The van der Waals surface area contributed by atoms with Gasteiger partial charge in [0.05, 0.1) is 11.7 Å². The fourth-order valence-corrected chi connectivity index (χ4v) is 3.03. The predicted octanol–water partition coefficient (Wildman–Crippen LogP) is 4.19. The van der Waals surface area contributed by atoms with Crippen LogP contribution in [0.4, 0.5) is 0 Å². The average Bonchev–Trinajstić information content (AvgIpc) is 3.02. The van der Waals surface area contributed by atoms with Crippen molar-refractivity contribution in [3.63, 3.8) is 0 Å². The molecule has 0 aliphatic rings. The van der Waals surface area contributed by atoms with Gasteiger partial charge in [0.2, 0.25) is 11.8 Å². The van der Waals surface area contributed by atoms with Crippen LogP contribution in [0, 0.1) is 0 Å². The summed E-state index contributed by atoms with van der Waals surface area (Å²) in [5, 5.41) is 8.27. The molecule has 0 fully saturated rings. The predicted molar refractivity (Wildman–Crippen MR) is 101 cm³/mol. The quantitative estimate of drug-likeness (QED) is 0.673. The Bertz CT molecular complexity index is 939. The second-order valence-electron chi connectivity index (χ2n) is 5.52. The lowest BCUT2D eigenvalue weighted by atomic mass is 10.2. The number of benzene rings is 2. The fraction of sp³-hybridized carbons (Fsp3) is 0.167. The van der Waals surface area contributed by atoms with Crippen molar-refractivity contribution < 1.29 is 9.59 Å². The van der Waals surface area contributed by atoms with Gasteiger partial charge in [-0.3, -0.25) is 9.59 Å². The molecule has 7 heteroatoms. The summed E-state index contributed by atoms with van der Waals surface area (Å²) in [6.07, 6.45) is 1.78. The van der Waals surface area contributed by atoms with Crippen LogP contribution < -0.4 is 5.32 Å². The molecule has 0 bridgehead atoms. The summed E-state index contributed by atoms with van der Waals surface area (Å²) < 4.78 is 2.23. The first-order chi connectivity index (χ1) is 12.0. The molecule has 0 unspecified atom stereocenters. The number of carbonyl (C=O) groups is 2. The van der Waals surface area contributed by atoms with Crippen LogP contribution in [0.25, 0.3) is 10.9 Å². The number of hydrogen-bond acceptors (Lipinski definition) is 3. The fourth-order valence-electron chi connectivity index (χ4n) is 2.44. The van der Waals surface area contributed by atoms with Crippen LogP contribution in [0.1, 0.15) is 23.2 Å². The van der Waals surface area contributed by atoms with E-state index in [9.17, 15) is 9.59 Å². The lowest BCUT2D eigenvalue weighted by Crippen LogP contribution is -2.24. The van der Waals surface area contributed by atoms with Crippen LogP contribution >= 0.6 is 27.5 Å². The number of nitrogens with one attached hydrogen (secondary N) is 1. The minimum atomic E-state index is -0.242. The second kappa shape index (κ2) is 7.80. The molecule has 0 saturated heterocycles. The van der Waals surface area contributed by atoms with Crippen LogP contribution in [0.5, 0.6) is 0 Å². The number of hydrogen-bond donors (Lipinski definition) is 1. The Morgan fingerprint density at radius 1 is 1.16 bits per heavy atom. The molecule has 3 aromatic rings. The summed E-state index contributed by atoms with van der Waals surface area (Å²) in [5.41, 5.74) is 1.63. The molecular weight excluding hydrogens is 406 g/mol. The van der Waals surface area contributed by atoms with Gasteiger partial charge in [-0.2, -0.15) is 5.10 Å². The number of fused-ring (bicyclic) bond motifs is 1. The van der Waals surface area contributed by atoms with Gasteiger partial charge in [0, 0.05) is 34.3 Å². The highest BCUT2D eigenvalue weighted by atomic mass is 79.9. The molecule has 0 radical (unpaired) electrons. The monoisotopic (exact) mass is 419 g/mol. The molecule has 25 heavy (non-hydrogen) atoms. The maximum Gasteiger partial charge on any atom is 0.247 e. The minimum Gasteiger partial charge on any atom is -0.352 e. The van der Waals surface area contributed by atoms with Crippen molar-refractivity contribution in [1.82, 2.24) is 15.1 Å². The van der Waals surface area contributed by atoms with Crippen LogP contribution in [0.2, 0.25) is 5.02 Å². The number of rotatable bonds is 5. The topological polar surface area (TPSA) is 64.0 Å². The van der Waals surface area contributed by atoms with Crippen molar-refractivity contribution in [3.05, 3.63) is 63.7 Å². The van der Waals surface area contributed by atoms with Gasteiger partial charge in [-0.05, 0) is 29.8 Å². The molecule has 3 rings (SSSR count). The standard InChI is InChI=1S/C18H15BrClN3O2/c19-15-4-2-1-3-12(15)10-21-17(24)7-8-18(25)23-16-9-14(20)6-5-13(16)11-22-23/h1-6,9,11H,7-8,10H2,(H,21,24). The van der Waals surface area contributed by atoms with Crippen molar-refractivity contribution in [3.8, 4) is 0 Å². The van der Waals surface area contributed by atoms with Gasteiger partial charge < -0.3 is 5.32 Å². The summed E-state index contributed by atoms with van der Waals surface area (Å²) >= 11 is 9.41. The highest BCUT2D eigenvalue weighted by molar-refractivity contribution is 9.10. The first-order valence-electron chi connectivity index (χ1n) is 7.71. The summed E-state index contributed by atoms with van der Waals surface area (Å²) in [7, 11) is 0. The first-order valence-corrected chi connectivity index (χ1v) is 8.88. The maximum absolute atomic E-state index is 12.3. The van der Waals surface area contributed by atoms with E-state index in [4.69, 9.17) is 11.6 Å². The molecule has 1 N–H and O–H groups in total. The third-order valence-corrected chi connectivity index (χ3v) is 4.78. The van der Waals surface area contributed by atoms with Gasteiger partial charge in [0.25, 0.3) is 0 Å². The van der Waals surface area contributed by atoms with Gasteiger partial charge in [0.15, 0.2) is 0 Å². The molecule has 0 saturated carbocycles. The lowest BCUT2D eigenvalue weighted by molar-refractivity contribution is -0.121. The highest BCUT2D eigenvalue weighted by Crippen LogP contribution is 2.19. The van der Waals surface area contributed by atoms with E-state index in [-0.39, 0.29) is 24.7 Å². The minimum absolute atomic E-state index is 0.0745. The molecule has 0 aliphatic heterocycles. The Labute approximate surface area is 158 Å². The van der Waals surface area contributed by atoms with Crippen molar-refractivity contribution >= 4 is 50.2 Å². The van der Waals surface area contributed by atoms with E-state index in [1.165, 1.54) is 4.68 Å². The molecule has 1 aromatic heterocycles. The molecule has 1 amide bonds. The van der Waals surface area contributed by atoms with Crippen molar-refractivity contribution in [1.29, 1.82) is 0 Å². The molecule has 128 valence electrons. The molecule has 5 nitrogen and oxygen atoms in total. The summed E-state index contributed by atoms with van der Waals surface area (Å²) in [6.45, 7) is 0.411. The zero-order chi connectivity index (χ0) is 17.8. The zero-order valence-electron chi connectivity index (χ0n) is 13.2. The van der Waals surface area contributed by atoms with Gasteiger partial charge in [-0.15, -0.1) is 0 Å². The van der Waals surface area contributed by atoms with Gasteiger partial charge in [-0.25, -0.2) is 4.68 Å². The van der Waals surface area contributed by atoms with Crippen molar-refractivity contribution in [2.24, 2.45) is 0 Å². The van der Waals surface area contributed by atoms with Crippen molar-refractivity contribution in [2.75, 3.05) is 0 Å². The second-order valence-corrected chi connectivity index (χ2v) is 6.81. The SMILES string of the molecule is O=C(CCC(=O)n1ncc2ccc(Cl)cc21)NCc1ccccc1Br. The van der Waals surface area contributed by atoms with E-state index in [0.717, 1.165) is 15.4 Å². The van der Waals surface area contributed by atoms with E-state index in [0.29, 0.717) is 17.1 Å². The Kier molecular flexibility index (Phi) is 5.50. The molecule has 1 heterocycles. The molecule has 0 aliphatic carbocycles. The summed E-state index contributed by atoms with van der Waals surface area (Å²) in [6, 6.07) is 12.9. The maximum atomic E-state index is 12.3. The van der Waals surface area contributed by atoms with E-state index in [2.05, 4.69) is 26.3 Å². The Balaban J connectivity index is 1.57. The average molecular weight is 421 g/mol. The lowest BCUT2D eigenvalue weighted by Gasteiger charge is -2.07. The smallest absolute Gasteiger partial charge is 0.247 e. The number of amides is 1. The van der Waals surface area contributed by atoms with Crippen LogP contribution in [-0.2, 0) is 11.3 Å². The number of aromatic nitrogens is 2. The van der Waals surface area contributed by atoms with Gasteiger partial charge >= 0.3 is 0 Å². The largest absolute Gasteiger partial charge is 0.352 e. The Hall–Kier alpha value is -2.18. The Morgan fingerprint density at radius 3 is 2.76 bits per heavy atom. The van der Waals surface area contributed by atoms with Crippen molar-refractivity contribution in [2.45, 2.75) is 19.4 Å². The zero-order valence-corrected chi connectivity index (χ0v) is 15.5. The van der Waals surface area contributed by atoms with Crippen LogP contribution in [-0.4, -0.2) is 21.6 Å². The molecule has 2 aromatic carbocycles. The normalized spacial score (nSPS) is 10.8. The number of carbonyl (C=O) groups excluding carboxylic acids is 2. The summed E-state index contributed by atoms with van der Waals surface area (Å²) in [4.78, 5) is 24.3. The third kappa shape index (κ3) is 4.27. The summed E-state index contributed by atoms with van der Waals surface area (Å²) in [5.74, 6) is -0.424. The Morgan fingerprint density at radius 2 is 1.96 bits per heavy atom. The third-order valence-electron chi connectivity index (χ3n) is 3.77. The first kappa shape index (κ1) is 17.6. The van der Waals surface area contributed by atoms with E-state index >= 15 is 0 Å². The number of halogens is 2. The number of nitrogens with zero attached hydrogens (tertiary/aromatic N) is 2. The van der Waals surface area contributed by atoms with Crippen LogP contribution in [0.3, 0.4) is 0 Å². The molecular formula is C18H15BrClN3O2. The highest BCUT2D eigenvalue weighted by Gasteiger charge is 2.13. The van der Waals surface area contributed by atoms with Crippen LogP contribution in [0.15, 0.2) is 53.1 Å².